The number of hydrogen-bond acceptors (Lipinski definition) is 2. The summed E-state index contributed by atoms with van der Waals surface area (Å²) in [6, 6.07) is 4.40. The van der Waals surface area contributed by atoms with Gasteiger partial charge in [0.25, 0.3) is 0 Å². The van der Waals surface area contributed by atoms with E-state index in [2.05, 4.69) is 56.7 Å². The molecule has 106 valence electrons. The lowest BCUT2D eigenvalue weighted by atomic mass is 9.91. The molecule has 0 fully saturated rings. The number of rotatable bonds is 4. The Morgan fingerprint density at radius 2 is 1.80 bits per heavy atom. The molecule has 2 aromatic rings. The minimum atomic E-state index is 0.466. The fourth-order valence-electron chi connectivity index (χ4n) is 2.75. The zero-order valence-corrected chi connectivity index (χ0v) is 13.1. The second-order valence-electron chi connectivity index (χ2n) is 6.01. The Morgan fingerprint density at radius 3 is 2.45 bits per heavy atom. The van der Waals surface area contributed by atoms with Crippen LogP contribution < -0.4 is 0 Å². The first-order chi connectivity index (χ1) is 9.49. The van der Waals surface area contributed by atoms with E-state index in [0.717, 1.165) is 12.1 Å². The highest BCUT2D eigenvalue weighted by Crippen LogP contribution is 2.25. The van der Waals surface area contributed by atoms with Crippen LogP contribution in [0.4, 0.5) is 0 Å². The van der Waals surface area contributed by atoms with Crippen molar-refractivity contribution < 1.29 is 0 Å². The van der Waals surface area contributed by atoms with Gasteiger partial charge in [-0.1, -0.05) is 26.8 Å². The largest absolute Gasteiger partial charge is 0.264 e. The molecular formula is C18H24N2. The lowest BCUT2D eigenvalue weighted by Gasteiger charge is -2.16. The van der Waals surface area contributed by atoms with Crippen molar-refractivity contribution in [3.05, 3.63) is 58.7 Å². The molecule has 0 N–H and O–H groups in total. The lowest BCUT2D eigenvalue weighted by Crippen LogP contribution is -2.04. The van der Waals surface area contributed by atoms with Crippen molar-refractivity contribution >= 4 is 0 Å². The minimum absolute atomic E-state index is 0.466. The second kappa shape index (κ2) is 6.17. The summed E-state index contributed by atoms with van der Waals surface area (Å²) in [5, 5.41) is 0. The van der Waals surface area contributed by atoms with E-state index in [9.17, 15) is 0 Å². The summed E-state index contributed by atoms with van der Waals surface area (Å²) in [5.41, 5.74) is 6.47. The van der Waals surface area contributed by atoms with Gasteiger partial charge in [0.1, 0.15) is 0 Å². The van der Waals surface area contributed by atoms with Crippen LogP contribution in [0.15, 0.2) is 30.7 Å². The molecular weight excluding hydrogens is 244 g/mol. The third kappa shape index (κ3) is 3.24. The Balaban J connectivity index is 2.22. The van der Waals surface area contributed by atoms with E-state index in [-0.39, 0.29) is 0 Å². The van der Waals surface area contributed by atoms with E-state index in [4.69, 9.17) is 0 Å². The lowest BCUT2D eigenvalue weighted by molar-refractivity contribution is 0.739. The average Bonchev–Trinajstić information content (AvgIpc) is 2.41. The van der Waals surface area contributed by atoms with Gasteiger partial charge in [-0.25, -0.2) is 0 Å². The Kier molecular flexibility index (Phi) is 4.53. The van der Waals surface area contributed by atoms with Crippen molar-refractivity contribution in [1.29, 1.82) is 0 Å². The predicted octanol–water partition coefficient (Wildman–Crippen LogP) is 4.56. The third-order valence-electron chi connectivity index (χ3n) is 3.96. The number of aromatic nitrogens is 2. The molecule has 0 spiro atoms. The van der Waals surface area contributed by atoms with Gasteiger partial charge in [-0.2, -0.15) is 0 Å². The Hall–Kier alpha value is -1.70. The van der Waals surface area contributed by atoms with Crippen LogP contribution in [-0.4, -0.2) is 9.97 Å². The number of aryl methyl sites for hydroxylation is 2. The summed E-state index contributed by atoms with van der Waals surface area (Å²) in [5.74, 6) is 0.992. The molecule has 2 nitrogen and oxygen atoms in total. The zero-order chi connectivity index (χ0) is 14.7. The number of hydrogen-bond donors (Lipinski definition) is 0. The minimum Gasteiger partial charge on any atom is -0.264 e. The molecule has 0 bridgehead atoms. The Labute approximate surface area is 122 Å². The maximum absolute atomic E-state index is 4.55. The molecule has 1 unspecified atom stereocenters. The van der Waals surface area contributed by atoms with E-state index in [1.807, 2.05) is 18.6 Å². The summed E-state index contributed by atoms with van der Waals surface area (Å²) in [7, 11) is 0. The van der Waals surface area contributed by atoms with E-state index >= 15 is 0 Å². The van der Waals surface area contributed by atoms with Crippen LogP contribution in [-0.2, 0) is 6.42 Å². The molecule has 2 heterocycles. The van der Waals surface area contributed by atoms with Gasteiger partial charge in [-0.15, -0.1) is 0 Å². The SMILES string of the molecule is Cc1ccncc1C(C)Cc1cnc(C)c(C(C)C)c1. The van der Waals surface area contributed by atoms with E-state index in [1.165, 1.54) is 22.3 Å². The van der Waals surface area contributed by atoms with Crippen LogP contribution in [0.5, 0.6) is 0 Å². The van der Waals surface area contributed by atoms with Crippen LogP contribution in [0, 0.1) is 13.8 Å². The van der Waals surface area contributed by atoms with Crippen LogP contribution in [0.1, 0.15) is 60.6 Å². The molecule has 0 aliphatic carbocycles. The van der Waals surface area contributed by atoms with Crippen molar-refractivity contribution in [3.63, 3.8) is 0 Å². The van der Waals surface area contributed by atoms with Gasteiger partial charge >= 0.3 is 0 Å². The first-order valence-electron chi connectivity index (χ1n) is 7.35. The van der Waals surface area contributed by atoms with Gasteiger partial charge in [-0.05, 0) is 60.4 Å². The Bertz CT molecular complexity index is 588. The maximum atomic E-state index is 4.55. The molecule has 0 saturated carbocycles. The van der Waals surface area contributed by atoms with Crippen molar-refractivity contribution in [2.45, 2.75) is 52.9 Å². The van der Waals surface area contributed by atoms with Gasteiger partial charge in [0.2, 0.25) is 0 Å². The molecule has 2 rings (SSSR count). The van der Waals surface area contributed by atoms with Gasteiger partial charge in [-0.3, -0.25) is 9.97 Å². The molecule has 2 heteroatoms. The summed E-state index contributed by atoms with van der Waals surface area (Å²) < 4.78 is 0. The predicted molar refractivity (Wildman–Crippen MR) is 84.2 cm³/mol. The van der Waals surface area contributed by atoms with Crippen molar-refractivity contribution in [2.24, 2.45) is 0 Å². The third-order valence-corrected chi connectivity index (χ3v) is 3.96. The van der Waals surface area contributed by atoms with Gasteiger partial charge in [0.15, 0.2) is 0 Å². The first kappa shape index (κ1) is 14.7. The topological polar surface area (TPSA) is 25.8 Å². The van der Waals surface area contributed by atoms with Crippen molar-refractivity contribution in [1.82, 2.24) is 9.97 Å². The van der Waals surface area contributed by atoms with Crippen molar-refractivity contribution in [3.8, 4) is 0 Å². The summed E-state index contributed by atoms with van der Waals surface area (Å²) >= 11 is 0. The monoisotopic (exact) mass is 268 g/mol. The fourth-order valence-corrected chi connectivity index (χ4v) is 2.75. The number of pyridine rings is 2. The zero-order valence-electron chi connectivity index (χ0n) is 13.1. The summed E-state index contributed by atoms with van der Waals surface area (Å²) in [6.45, 7) is 11.0. The summed E-state index contributed by atoms with van der Waals surface area (Å²) in [4.78, 5) is 8.81. The average molecular weight is 268 g/mol. The molecule has 0 aliphatic heterocycles. The van der Waals surface area contributed by atoms with Crippen LogP contribution in [0.2, 0.25) is 0 Å². The Morgan fingerprint density at radius 1 is 1.05 bits per heavy atom. The van der Waals surface area contributed by atoms with E-state index in [0.29, 0.717) is 11.8 Å². The maximum Gasteiger partial charge on any atom is 0.0407 e. The highest BCUT2D eigenvalue weighted by molar-refractivity contribution is 5.31. The van der Waals surface area contributed by atoms with Gasteiger partial charge in [0, 0.05) is 24.3 Å². The quantitative estimate of drug-likeness (QED) is 0.812. The molecule has 0 radical (unpaired) electrons. The highest BCUT2D eigenvalue weighted by atomic mass is 14.7. The molecule has 2 aromatic heterocycles. The molecule has 0 aliphatic rings. The molecule has 0 saturated heterocycles. The molecule has 20 heavy (non-hydrogen) atoms. The van der Waals surface area contributed by atoms with E-state index in [1.54, 1.807) is 0 Å². The van der Waals surface area contributed by atoms with E-state index < -0.39 is 0 Å². The number of nitrogens with zero attached hydrogens (tertiary/aromatic N) is 2. The van der Waals surface area contributed by atoms with Crippen LogP contribution in [0.25, 0.3) is 0 Å². The fraction of sp³-hybridized carbons (Fsp3) is 0.444. The smallest absolute Gasteiger partial charge is 0.0407 e. The highest BCUT2D eigenvalue weighted by Gasteiger charge is 2.12. The first-order valence-corrected chi connectivity index (χ1v) is 7.35. The summed E-state index contributed by atoms with van der Waals surface area (Å²) in [6.07, 6.45) is 6.88. The molecule has 0 amide bonds. The van der Waals surface area contributed by atoms with Crippen LogP contribution >= 0.6 is 0 Å². The van der Waals surface area contributed by atoms with Gasteiger partial charge in [0.05, 0.1) is 0 Å². The van der Waals surface area contributed by atoms with Crippen molar-refractivity contribution in [2.75, 3.05) is 0 Å². The van der Waals surface area contributed by atoms with Crippen LogP contribution in [0.3, 0.4) is 0 Å². The standard InChI is InChI=1S/C18H24N2/c1-12(2)17-9-16(10-20-15(17)5)8-14(4)18-11-19-7-6-13(18)3/h6-7,9-12,14H,8H2,1-5H3. The molecule has 1 atom stereocenters. The van der Waals surface area contributed by atoms with Gasteiger partial charge < -0.3 is 0 Å². The normalized spacial score (nSPS) is 12.7. The second-order valence-corrected chi connectivity index (χ2v) is 6.01. The molecule has 0 aromatic carbocycles.